The molecule has 1 saturated carbocycles. The summed E-state index contributed by atoms with van der Waals surface area (Å²) in [6, 6.07) is 0. The lowest BCUT2D eigenvalue weighted by molar-refractivity contribution is -0.128. The average Bonchev–Trinajstić information content (AvgIpc) is 2.00. The molecular weight excluding hydrogens is 170 g/mol. The Morgan fingerprint density at radius 1 is 1.46 bits per heavy atom. The number of hydrogen-bond donors (Lipinski definition) is 1. The van der Waals surface area contributed by atoms with E-state index >= 15 is 0 Å². The zero-order chi connectivity index (χ0) is 9.47. The van der Waals surface area contributed by atoms with Crippen LogP contribution in [0.15, 0.2) is 0 Å². The maximum atomic E-state index is 11.2. The molecule has 4 nitrogen and oxygen atoms in total. The standard InChI is InChI=1S/C9H13NO3/c11-7-2-5-10(8(12)13)9(6-7)3-1-4-9/h1-6H2,(H,12,13). The van der Waals surface area contributed by atoms with Gasteiger partial charge in [-0.3, -0.25) is 4.79 Å². The number of rotatable bonds is 0. The molecule has 72 valence electrons. The molecule has 1 N–H and O–H groups in total. The predicted octanol–water partition coefficient (Wildman–Crippen LogP) is 1.25. The van der Waals surface area contributed by atoms with E-state index in [2.05, 4.69) is 0 Å². The summed E-state index contributed by atoms with van der Waals surface area (Å²) in [5.41, 5.74) is -0.304. The van der Waals surface area contributed by atoms with E-state index in [1.165, 1.54) is 4.90 Å². The van der Waals surface area contributed by atoms with Gasteiger partial charge in [-0.05, 0) is 19.3 Å². The summed E-state index contributed by atoms with van der Waals surface area (Å²) < 4.78 is 0. The van der Waals surface area contributed by atoms with Crippen molar-refractivity contribution in [3.8, 4) is 0 Å². The van der Waals surface area contributed by atoms with Crippen LogP contribution >= 0.6 is 0 Å². The van der Waals surface area contributed by atoms with Crippen molar-refractivity contribution < 1.29 is 14.7 Å². The first-order valence-electron chi connectivity index (χ1n) is 4.66. The second kappa shape index (κ2) is 2.72. The van der Waals surface area contributed by atoms with Crippen molar-refractivity contribution in [3.63, 3.8) is 0 Å². The Hall–Kier alpha value is -1.06. The molecule has 0 bridgehead atoms. The van der Waals surface area contributed by atoms with Crippen LogP contribution in [0.2, 0.25) is 0 Å². The first-order valence-corrected chi connectivity index (χ1v) is 4.66. The highest BCUT2D eigenvalue weighted by Gasteiger charge is 2.48. The normalized spacial score (nSPS) is 25.8. The first-order chi connectivity index (χ1) is 6.14. The Kier molecular flexibility index (Phi) is 1.78. The third-order valence-corrected chi connectivity index (χ3v) is 3.23. The number of Topliss-reactive ketones (excluding diaryl/α,β-unsaturated/α-hetero) is 1. The predicted molar refractivity (Wildman–Crippen MR) is 45.6 cm³/mol. The molecule has 1 aliphatic heterocycles. The molecule has 2 aliphatic rings. The van der Waals surface area contributed by atoms with Gasteiger partial charge in [0.2, 0.25) is 0 Å². The molecular formula is C9H13NO3. The molecule has 0 aromatic heterocycles. The van der Waals surface area contributed by atoms with Crippen molar-refractivity contribution in [1.82, 2.24) is 4.90 Å². The average molecular weight is 183 g/mol. The molecule has 1 saturated heterocycles. The summed E-state index contributed by atoms with van der Waals surface area (Å²) in [7, 11) is 0. The van der Waals surface area contributed by atoms with Gasteiger partial charge >= 0.3 is 6.09 Å². The van der Waals surface area contributed by atoms with E-state index in [1.54, 1.807) is 0 Å². The molecule has 0 atom stereocenters. The highest BCUT2D eigenvalue weighted by molar-refractivity contribution is 5.83. The van der Waals surface area contributed by atoms with Crippen LogP contribution in [-0.4, -0.2) is 34.0 Å². The molecule has 0 radical (unpaired) electrons. The van der Waals surface area contributed by atoms with Gasteiger partial charge in [-0.15, -0.1) is 0 Å². The monoisotopic (exact) mass is 183 g/mol. The van der Waals surface area contributed by atoms with E-state index in [4.69, 9.17) is 5.11 Å². The summed E-state index contributed by atoms with van der Waals surface area (Å²) in [5, 5.41) is 8.94. The highest BCUT2D eigenvalue weighted by atomic mass is 16.4. The zero-order valence-corrected chi connectivity index (χ0v) is 7.45. The smallest absolute Gasteiger partial charge is 0.407 e. The number of carbonyl (C=O) groups excluding carboxylic acids is 1. The maximum Gasteiger partial charge on any atom is 0.407 e. The Bertz CT molecular complexity index is 258. The van der Waals surface area contributed by atoms with E-state index in [1.807, 2.05) is 0 Å². The van der Waals surface area contributed by atoms with E-state index in [9.17, 15) is 9.59 Å². The van der Waals surface area contributed by atoms with Crippen LogP contribution in [0, 0.1) is 0 Å². The quantitative estimate of drug-likeness (QED) is 0.615. The lowest BCUT2D eigenvalue weighted by atomic mass is 9.70. The maximum absolute atomic E-state index is 11.2. The molecule has 4 heteroatoms. The molecule has 0 unspecified atom stereocenters. The van der Waals surface area contributed by atoms with Gasteiger partial charge in [0.1, 0.15) is 5.78 Å². The zero-order valence-electron chi connectivity index (χ0n) is 7.45. The van der Waals surface area contributed by atoms with Crippen LogP contribution in [0.4, 0.5) is 4.79 Å². The Morgan fingerprint density at radius 3 is 2.62 bits per heavy atom. The van der Waals surface area contributed by atoms with Crippen LogP contribution < -0.4 is 0 Å². The molecule has 1 spiro atoms. The van der Waals surface area contributed by atoms with Gasteiger partial charge in [-0.1, -0.05) is 0 Å². The number of likely N-dealkylation sites (tertiary alicyclic amines) is 1. The second-order valence-corrected chi connectivity index (χ2v) is 3.98. The Balaban J connectivity index is 2.17. The van der Waals surface area contributed by atoms with E-state index < -0.39 is 6.09 Å². The lowest BCUT2D eigenvalue weighted by Gasteiger charge is -2.51. The molecule has 1 heterocycles. The number of ketones is 1. The molecule has 0 aromatic rings. The van der Waals surface area contributed by atoms with Crippen LogP contribution in [0.5, 0.6) is 0 Å². The Morgan fingerprint density at radius 2 is 2.15 bits per heavy atom. The summed E-state index contributed by atoms with van der Waals surface area (Å²) in [5.74, 6) is 0.220. The summed E-state index contributed by atoms with van der Waals surface area (Å²) in [4.78, 5) is 23.6. The van der Waals surface area contributed by atoms with Crippen molar-refractivity contribution in [2.75, 3.05) is 6.54 Å². The topological polar surface area (TPSA) is 57.6 Å². The number of amides is 1. The lowest BCUT2D eigenvalue weighted by Crippen LogP contribution is -2.60. The van der Waals surface area contributed by atoms with Crippen molar-refractivity contribution in [2.24, 2.45) is 0 Å². The minimum atomic E-state index is -0.868. The Labute approximate surface area is 76.5 Å². The van der Waals surface area contributed by atoms with Crippen LogP contribution in [0.1, 0.15) is 32.1 Å². The number of piperidine rings is 1. The molecule has 0 aromatic carbocycles. The van der Waals surface area contributed by atoms with Gasteiger partial charge < -0.3 is 10.0 Å². The van der Waals surface area contributed by atoms with Gasteiger partial charge in [0.25, 0.3) is 0 Å². The first kappa shape index (κ1) is 8.53. The SMILES string of the molecule is O=C1CCN(C(=O)O)C2(CCC2)C1. The summed E-state index contributed by atoms with van der Waals surface area (Å²) >= 11 is 0. The number of carboxylic acid groups (broad SMARTS) is 1. The molecule has 1 aliphatic carbocycles. The van der Waals surface area contributed by atoms with Gasteiger partial charge in [-0.25, -0.2) is 4.79 Å². The summed E-state index contributed by atoms with van der Waals surface area (Å²) in [6.45, 7) is 0.397. The van der Waals surface area contributed by atoms with Crippen molar-refractivity contribution in [3.05, 3.63) is 0 Å². The molecule has 13 heavy (non-hydrogen) atoms. The van der Waals surface area contributed by atoms with Crippen LogP contribution in [-0.2, 0) is 4.79 Å². The fourth-order valence-corrected chi connectivity index (χ4v) is 2.35. The van der Waals surface area contributed by atoms with Gasteiger partial charge in [-0.2, -0.15) is 0 Å². The summed E-state index contributed by atoms with van der Waals surface area (Å²) in [6.07, 6.45) is 2.76. The third kappa shape index (κ3) is 1.20. The van der Waals surface area contributed by atoms with Crippen molar-refractivity contribution in [1.29, 1.82) is 0 Å². The van der Waals surface area contributed by atoms with Crippen molar-refractivity contribution in [2.45, 2.75) is 37.6 Å². The third-order valence-electron chi connectivity index (χ3n) is 3.23. The van der Waals surface area contributed by atoms with Crippen molar-refractivity contribution >= 4 is 11.9 Å². The minimum absolute atomic E-state index is 0.220. The fraction of sp³-hybridized carbons (Fsp3) is 0.778. The van der Waals surface area contributed by atoms with E-state index in [-0.39, 0.29) is 11.3 Å². The second-order valence-electron chi connectivity index (χ2n) is 3.98. The van der Waals surface area contributed by atoms with Gasteiger partial charge in [0.05, 0.1) is 5.54 Å². The van der Waals surface area contributed by atoms with Crippen LogP contribution in [0.3, 0.4) is 0 Å². The minimum Gasteiger partial charge on any atom is -0.465 e. The van der Waals surface area contributed by atoms with E-state index in [0.717, 1.165) is 19.3 Å². The molecule has 2 rings (SSSR count). The van der Waals surface area contributed by atoms with Gasteiger partial charge in [0, 0.05) is 19.4 Å². The van der Waals surface area contributed by atoms with E-state index in [0.29, 0.717) is 19.4 Å². The van der Waals surface area contributed by atoms with Crippen LogP contribution in [0.25, 0.3) is 0 Å². The molecule has 1 amide bonds. The molecule has 2 fully saturated rings. The van der Waals surface area contributed by atoms with Gasteiger partial charge in [0.15, 0.2) is 0 Å². The number of carbonyl (C=O) groups is 2. The largest absolute Gasteiger partial charge is 0.465 e. The fourth-order valence-electron chi connectivity index (χ4n) is 2.35. The number of hydrogen-bond acceptors (Lipinski definition) is 2. The highest BCUT2D eigenvalue weighted by Crippen LogP contribution is 2.43. The number of nitrogens with zero attached hydrogens (tertiary/aromatic N) is 1.